The molecule has 0 aromatic carbocycles. The maximum absolute atomic E-state index is 13.1. The van der Waals surface area contributed by atoms with E-state index in [1.807, 2.05) is 18.2 Å². The van der Waals surface area contributed by atoms with Crippen LogP contribution in [0.4, 0.5) is 0 Å². The lowest BCUT2D eigenvalue weighted by Gasteiger charge is -2.39. The Hall–Kier alpha value is -1.51. The SMILES string of the molecule is C[C@@H]1C[C@@H](C)CN(S(=O)(=O)N2CCC[C@@H](C(=O)NCc3ccccn3)C2)C1. The maximum Gasteiger partial charge on any atom is 0.282 e. The van der Waals surface area contributed by atoms with Gasteiger partial charge in [0, 0.05) is 32.4 Å². The second-order valence-electron chi connectivity index (χ2n) is 8.01. The number of hydrogen-bond acceptors (Lipinski definition) is 4. The van der Waals surface area contributed by atoms with Crippen molar-refractivity contribution in [3.8, 4) is 0 Å². The number of carbonyl (C=O) groups excluding carboxylic acids is 1. The summed E-state index contributed by atoms with van der Waals surface area (Å²) in [5, 5.41) is 2.90. The summed E-state index contributed by atoms with van der Waals surface area (Å²) in [6, 6.07) is 5.57. The largest absolute Gasteiger partial charge is 0.350 e. The molecule has 0 spiro atoms. The highest BCUT2D eigenvalue weighted by Gasteiger charge is 2.38. The standard InChI is InChI=1S/C19H30N4O3S/c1-15-10-16(2)13-23(12-15)27(25,26)22-9-5-6-17(14-22)19(24)21-11-18-7-3-4-8-20-18/h3-4,7-8,15-17H,5-6,9-14H2,1-2H3,(H,21,24)/t15-,16-,17-/m1/s1. The fraction of sp³-hybridized carbons (Fsp3) is 0.684. The maximum atomic E-state index is 13.1. The highest BCUT2D eigenvalue weighted by Crippen LogP contribution is 2.27. The van der Waals surface area contributed by atoms with Gasteiger partial charge in [-0.3, -0.25) is 9.78 Å². The van der Waals surface area contributed by atoms with E-state index >= 15 is 0 Å². The average Bonchev–Trinajstić information content (AvgIpc) is 2.66. The molecule has 27 heavy (non-hydrogen) atoms. The van der Waals surface area contributed by atoms with Gasteiger partial charge in [-0.25, -0.2) is 0 Å². The van der Waals surface area contributed by atoms with Crippen LogP contribution in [0.1, 0.15) is 38.8 Å². The fourth-order valence-corrected chi connectivity index (χ4v) is 6.09. The number of carbonyl (C=O) groups is 1. The van der Waals surface area contributed by atoms with Gasteiger partial charge in [-0.15, -0.1) is 0 Å². The van der Waals surface area contributed by atoms with Crippen molar-refractivity contribution in [1.82, 2.24) is 18.9 Å². The van der Waals surface area contributed by atoms with E-state index in [4.69, 9.17) is 0 Å². The van der Waals surface area contributed by atoms with Gasteiger partial charge in [-0.1, -0.05) is 19.9 Å². The molecule has 7 nitrogen and oxygen atoms in total. The number of nitrogens with zero attached hydrogens (tertiary/aromatic N) is 3. The minimum absolute atomic E-state index is 0.0964. The lowest BCUT2D eigenvalue weighted by atomic mass is 9.94. The smallest absolute Gasteiger partial charge is 0.282 e. The Kier molecular flexibility index (Phi) is 6.49. The molecular weight excluding hydrogens is 364 g/mol. The Morgan fingerprint density at radius 1 is 1.19 bits per heavy atom. The summed E-state index contributed by atoms with van der Waals surface area (Å²) in [5.41, 5.74) is 0.794. The molecule has 1 aromatic heterocycles. The molecule has 0 radical (unpaired) electrons. The third-order valence-corrected chi connectivity index (χ3v) is 7.35. The topological polar surface area (TPSA) is 82.6 Å². The van der Waals surface area contributed by atoms with Crippen molar-refractivity contribution in [3.63, 3.8) is 0 Å². The summed E-state index contributed by atoms with van der Waals surface area (Å²) in [5.74, 6) is 0.328. The van der Waals surface area contributed by atoms with Crippen LogP contribution in [0, 0.1) is 17.8 Å². The van der Waals surface area contributed by atoms with Gasteiger partial charge in [-0.2, -0.15) is 17.0 Å². The third kappa shape index (κ3) is 5.06. The molecule has 0 unspecified atom stereocenters. The lowest BCUT2D eigenvalue weighted by molar-refractivity contribution is -0.126. The number of piperidine rings is 2. The van der Waals surface area contributed by atoms with Crippen molar-refractivity contribution in [3.05, 3.63) is 30.1 Å². The molecule has 2 fully saturated rings. The summed E-state index contributed by atoms with van der Waals surface area (Å²) < 4.78 is 29.3. The van der Waals surface area contributed by atoms with Crippen molar-refractivity contribution < 1.29 is 13.2 Å². The molecule has 1 amide bonds. The highest BCUT2D eigenvalue weighted by molar-refractivity contribution is 7.86. The predicted octanol–water partition coefficient (Wildman–Crippen LogP) is 1.63. The van der Waals surface area contributed by atoms with Gasteiger partial charge in [0.1, 0.15) is 0 Å². The molecule has 2 saturated heterocycles. The molecule has 3 rings (SSSR count). The Labute approximate surface area is 162 Å². The molecule has 2 aliphatic heterocycles. The van der Waals surface area contributed by atoms with Crippen molar-refractivity contribution in [1.29, 1.82) is 0 Å². The van der Waals surface area contributed by atoms with E-state index in [9.17, 15) is 13.2 Å². The van der Waals surface area contributed by atoms with Gasteiger partial charge in [0.2, 0.25) is 5.91 Å². The molecule has 150 valence electrons. The molecule has 3 heterocycles. The number of rotatable bonds is 5. The van der Waals surface area contributed by atoms with Gasteiger partial charge in [0.25, 0.3) is 10.2 Å². The first kappa shape index (κ1) is 20.2. The van der Waals surface area contributed by atoms with Gasteiger partial charge in [-0.05, 0) is 43.2 Å². The van der Waals surface area contributed by atoms with Crippen molar-refractivity contribution in [2.75, 3.05) is 26.2 Å². The molecule has 1 N–H and O–H groups in total. The minimum atomic E-state index is -3.51. The van der Waals surface area contributed by atoms with Crippen LogP contribution < -0.4 is 5.32 Å². The summed E-state index contributed by atoms with van der Waals surface area (Å²) in [6.45, 7) is 6.45. The Balaban J connectivity index is 1.60. The first-order valence-corrected chi connectivity index (χ1v) is 11.2. The summed E-state index contributed by atoms with van der Waals surface area (Å²) in [7, 11) is -3.51. The van der Waals surface area contributed by atoms with Crippen LogP contribution in [-0.4, -0.2) is 54.1 Å². The molecule has 0 aliphatic carbocycles. The van der Waals surface area contributed by atoms with E-state index in [0.29, 0.717) is 50.9 Å². The van der Waals surface area contributed by atoms with Gasteiger partial charge >= 0.3 is 0 Å². The average molecular weight is 395 g/mol. The monoisotopic (exact) mass is 394 g/mol. The van der Waals surface area contributed by atoms with E-state index in [1.165, 1.54) is 4.31 Å². The van der Waals surface area contributed by atoms with Crippen molar-refractivity contribution in [2.24, 2.45) is 17.8 Å². The zero-order valence-corrected chi connectivity index (χ0v) is 17.0. The van der Waals surface area contributed by atoms with Crippen LogP contribution in [0.2, 0.25) is 0 Å². The molecule has 8 heteroatoms. The molecule has 2 aliphatic rings. The van der Waals surface area contributed by atoms with E-state index in [-0.39, 0.29) is 18.4 Å². The molecule has 3 atom stereocenters. The summed E-state index contributed by atoms with van der Waals surface area (Å²) in [4.78, 5) is 16.7. The van der Waals surface area contributed by atoms with Gasteiger partial charge in [0.05, 0.1) is 18.2 Å². The first-order chi connectivity index (χ1) is 12.9. The van der Waals surface area contributed by atoms with Crippen molar-refractivity contribution >= 4 is 16.1 Å². The first-order valence-electron chi connectivity index (χ1n) is 9.79. The van der Waals surface area contributed by atoms with Gasteiger partial charge < -0.3 is 5.32 Å². The van der Waals surface area contributed by atoms with Crippen LogP contribution in [0.25, 0.3) is 0 Å². The Morgan fingerprint density at radius 3 is 2.59 bits per heavy atom. The molecule has 1 aromatic rings. The number of amides is 1. The van der Waals surface area contributed by atoms with E-state index in [2.05, 4.69) is 24.1 Å². The second-order valence-corrected chi connectivity index (χ2v) is 9.94. The zero-order chi connectivity index (χ0) is 19.4. The summed E-state index contributed by atoms with van der Waals surface area (Å²) in [6.07, 6.45) is 4.17. The summed E-state index contributed by atoms with van der Waals surface area (Å²) >= 11 is 0. The van der Waals surface area contributed by atoms with Gasteiger partial charge in [0.15, 0.2) is 0 Å². The number of nitrogens with one attached hydrogen (secondary N) is 1. The minimum Gasteiger partial charge on any atom is -0.350 e. The fourth-order valence-electron chi connectivity index (χ4n) is 4.15. The van der Waals surface area contributed by atoms with Crippen molar-refractivity contribution in [2.45, 2.75) is 39.7 Å². The number of aromatic nitrogens is 1. The van der Waals surface area contributed by atoms with E-state index in [0.717, 1.165) is 12.1 Å². The second kappa shape index (κ2) is 8.67. The normalized spacial score (nSPS) is 28.0. The van der Waals surface area contributed by atoms with Crippen LogP contribution in [0.15, 0.2) is 24.4 Å². The third-order valence-electron chi connectivity index (χ3n) is 5.41. The lowest BCUT2D eigenvalue weighted by Crippen LogP contribution is -2.53. The molecule has 0 bridgehead atoms. The predicted molar refractivity (Wildman–Crippen MR) is 104 cm³/mol. The van der Waals surface area contributed by atoms with Crippen LogP contribution in [0.3, 0.4) is 0 Å². The Morgan fingerprint density at radius 2 is 1.93 bits per heavy atom. The Bertz CT molecular complexity index is 731. The highest BCUT2D eigenvalue weighted by atomic mass is 32.2. The number of hydrogen-bond donors (Lipinski definition) is 1. The quantitative estimate of drug-likeness (QED) is 0.823. The van der Waals surface area contributed by atoms with Crippen LogP contribution in [-0.2, 0) is 21.5 Å². The number of pyridine rings is 1. The van der Waals surface area contributed by atoms with E-state index in [1.54, 1.807) is 10.5 Å². The molecule has 0 saturated carbocycles. The van der Waals surface area contributed by atoms with Crippen LogP contribution >= 0.6 is 0 Å². The molecular formula is C19H30N4O3S. The van der Waals surface area contributed by atoms with Crippen LogP contribution in [0.5, 0.6) is 0 Å². The van der Waals surface area contributed by atoms with E-state index < -0.39 is 10.2 Å². The zero-order valence-electron chi connectivity index (χ0n) is 16.2.